The van der Waals surface area contributed by atoms with Crippen LogP contribution in [0.3, 0.4) is 0 Å². The molecule has 0 bridgehead atoms. The van der Waals surface area contributed by atoms with Crippen LogP contribution in [-0.4, -0.2) is 36.6 Å². The van der Waals surface area contributed by atoms with Crippen LogP contribution in [0.4, 0.5) is 0 Å². The van der Waals surface area contributed by atoms with Crippen LogP contribution >= 0.6 is 11.3 Å². The van der Waals surface area contributed by atoms with Gasteiger partial charge >= 0.3 is 0 Å². The van der Waals surface area contributed by atoms with Gasteiger partial charge in [0.15, 0.2) is 0 Å². The van der Waals surface area contributed by atoms with Gasteiger partial charge in [-0.25, -0.2) is 4.98 Å². The molecule has 1 aromatic rings. The summed E-state index contributed by atoms with van der Waals surface area (Å²) in [6.07, 6.45) is 2.50. The van der Waals surface area contributed by atoms with Gasteiger partial charge in [0.1, 0.15) is 0 Å². The number of aromatic nitrogens is 1. The minimum atomic E-state index is 0.337. The van der Waals surface area contributed by atoms with E-state index in [1.54, 1.807) is 11.3 Å². The summed E-state index contributed by atoms with van der Waals surface area (Å²) >= 11 is 1.74. The predicted molar refractivity (Wildman–Crippen MR) is 93.9 cm³/mol. The molecule has 1 aromatic heterocycles. The first-order chi connectivity index (χ1) is 9.84. The van der Waals surface area contributed by atoms with Gasteiger partial charge in [0.25, 0.3) is 0 Å². The van der Waals surface area contributed by atoms with E-state index in [2.05, 4.69) is 62.2 Å². The first-order valence-corrected chi connectivity index (χ1v) is 9.03. The molecule has 1 unspecified atom stereocenters. The summed E-state index contributed by atoms with van der Waals surface area (Å²) in [7, 11) is 2.21. The number of hydrogen-bond donors (Lipinski definition) is 1. The number of hydrogen-bond acceptors (Lipinski definition) is 4. The first kappa shape index (κ1) is 18.6. The van der Waals surface area contributed by atoms with Gasteiger partial charge in [-0.3, -0.25) is 4.90 Å². The third kappa shape index (κ3) is 7.39. The fraction of sp³-hybridized carbons (Fsp3) is 0.824. The second-order valence-electron chi connectivity index (χ2n) is 7.12. The molecule has 0 fully saturated rings. The Morgan fingerprint density at radius 3 is 2.67 bits per heavy atom. The maximum absolute atomic E-state index is 4.57. The highest BCUT2D eigenvalue weighted by molar-refractivity contribution is 7.09. The van der Waals surface area contributed by atoms with Crippen molar-refractivity contribution in [2.75, 3.05) is 26.7 Å². The molecular formula is C17H33N3S. The molecule has 122 valence electrons. The first-order valence-electron chi connectivity index (χ1n) is 8.15. The lowest BCUT2D eigenvalue weighted by atomic mass is 9.84. The summed E-state index contributed by atoms with van der Waals surface area (Å²) in [4.78, 5) is 6.99. The Balaban J connectivity index is 2.50. The number of aryl methyl sites for hydroxylation is 1. The average molecular weight is 312 g/mol. The Morgan fingerprint density at radius 1 is 1.43 bits per heavy atom. The van der Waals surface area contributed by atoms with Crippen molar-refractivity contribution in [3.05, 3.63) is 16.1 Å². The number of rotatable bonds is 10. The molecule has 3 nitrogen and oxygen atoms in total. The lowest BCUT2D eigenvalue weighted by Gasteiger charge is -2.34. The van der Waals surface area contributed by atoms with Crippen LogP contribution in [-0.2, 0) is 6.54 Å². The summed E-state index contributed by atoms with van der Waals surface area (Å²) < 4.78 is 0. The highest BCUT2D eigenvalue weighted by Crippen LogP contribution is 2.24. The second-order valence-corrected chi connectivity index (χ2v) is 8.18. The van der Waals surface area contributed by atoms with Crippen molar-refractivity contribution in [1.82, 2.24) is 15.2 Å². The molecule has 0 aromatic carbocycles. The van der Waals surface area contributed by atoms with Crippen molar-refractivity contribution in [2.24, 2.45) is 11.3 Å². The van der Waals surface area contributed by atoms with Crippen LogP contribution in [0.15, 0.2) is 5.38 Å². The van der Waals surface area contributed by atoms with Gasteiger partial charge in [0.2, 0.25) is 0 Å². The van der Waals surface area contributed by atoms with E-state index in [-0.39, 0.29) is 0 Å². The Labute approximate surface area is 135 Å². The van der Waals surface area contributed by atoms with Crippen LogP contribution in [0.2, 0.25) is 0 Å². The molecule has 0 aliphatic heterocycles. The van der Waals surface area contributed by atoms with Crippen LogP contribution in [0.25, 0.3) is 0 Å². The molecule has 1 N–H and O–H groups in total. The van der Waals surface area contributed by atoms with Crippen molar-refractivity contribution in [3.63, 3.8) is 0 Å². The van der Waals surface area contributed by atoms with Gasteiger partial charge in [0, 0.05) is 25.0 Å². The van der Waals surface area contributed by atoms with E-state index in [4.69, 9.17) is 0 Å². The average Bonchev–Trinajstić information content (AvgIpc) is 2.73. The van der Waals surface area contributed by atoms with E-state index in [0.717, 1.165) is 31.2 Å². The smallest absolute Gasteiger partial charge is 0.0897 e. The van der Waals surface area contributed by atoms with E-state index in [9.17, 15) is 0 Å². The van der Waals surface area contributed by atoms with Gasteiger partial charge in [-0.05, 0) is 38.3 Å². The standard InChI is InChI=1S/C17H33N3S/c1-7-8-17(5,12-18-9-14(2)3)13-20(6)10-16-11-21-15(4)19-16/h11,14,18H,7-10,12-13H2,1-6H3. The van der Waals surface area contributed by atoms with Gasteiger partial charge in [-0.15, -0.1) is 11.3 Å². The SMILES string of the molecule is CCCC(C)(CNCC(C)C)CN(C)Cc1csc(C)n1. The Hall–Kier alpha value is -0.450. The monoisotopic (exact) mass is 311 g/mol. The lowest BCUT2D eigenvalue weighted by Crippen LogP contribution is -2.41. The lowest BCUT2D eigenvalue weighted by molar-refractivity contribution is 0.166. The quantitative estimate of drug-likeness (QED) is 0.709. The van der Waals surface area contributed by atoms with E-state index < -0.39 is 0 Å². The Kier molecular flexibility index (Phi) is 7.85. The fourth-order valence-corrected chi connectivity index (χ4v) is 3.56. The van der Waals surface area contributed by atoms with Gasteiger partial charge in [0.05, 0.1) is 10.7 Å². The molecule has 0 saturated heterocycles. The van der Waals surface area contributed by atoms with E-state index >= 15 is 0 Å². The largest absolute Gasteiger partial charge is 0.316 e. The number of nitrogens with one attached hydrogen (secondary N) is 1. The molecule has 1 atom stereocenters. The summed E-state index contributed by atoms with van der Waals surface area (Å²) in [6.45, 7) is 15.6. The van der Waals surface area contributed by atoms with Gasteiger partial charge < -0.3 is 5.32 Å². The van der Waals surface area contributed by atoms with E-state index in [1.165, 1.54) is 18.5 Å². The molecule has 1 heterocycles. The Bertz CT molecular complexity index is 402. The molecule has 0 saturated carbocycles. The zero-order chi connectivity index (χ0) is 15.9. The summed E-state index contributed by atoms with van der Waals surface area (Å²) in [6, 6.07) is 0. The van der Waals surface area contributed by atoms with E-state index in [1.807, 2.05) is 0 Å². The maximum atomic E-state index is 4.57. The third-order valence-corrected chi connectivity index (χ3v) is 4.53. The minimum Gasteiger partial charge on any atom is -0.316 e. The zero-order valence-corrected chi connectivity index (χ0v) is 15.5. The van der Waals surface area contributed by atoms with Crippen LogP contribution in [0.5, 0.6) is 0 Å². The summed E-state index contributed by atoms with van der Waals surface area (Å²) in [5.74, 6) is 0.714. The molecule has 21 heavy (non-hydrogen) atoms. The second kappa shape index (κ2) is 8.86. The summed E-state index contributed by atoms with van der Waals surface area (Å²) in [5.41, 5.74) is 1.54. The van der Waals surface area contributed by atoms with Gasteiger partial charge in [-0.2, -0.15) is 0 Å². The van der Waals surface area contributed by atoms with Crippen molar-refractivity contribution in [1.29, 1.82) is 0 Å². The van der Waals surface area contributed by atoms with Crippen molar-refractivity contribution in [2.45, 2.75) is 54.0 Å². The molecule has 4 heteroatoms. The number of nitrogens with zero attached hydrogens (tertiary/aromatic N) is 2. The topological polar surface area (TPSA) is 28.2 Å². The molecule has 0 aliphatic carbocycles. The van der Waals surface area contributed by atoms with Crippen molar-refractivity contribution >= 4 is 11.3 Å². The maximum Gasteiger partial charge on any atom is 0.0897 e. The third-order valence-electron chi connectivity index (χ3n) is 3.71. The molecule has 0 spiro atoms. The zero-order valence-electron chi connectivity index (χ0n) is 14.7. The summed E-state index contributed by atoms with van der Waals surface area (Å²) in [5, 5.41) is 6.98. The predicted octanol–water partition coefficient (Wildman–Crippen LogP) is 3.94. The molecule has 1 rings (SSSR count). The van der Waals surface area contributed by atoms with Crippen LogP contribution in [0.1, 0.15) is 51.2 Å². The molecule has 0 aliphatic rings. The highest BCUT2D eigenvalue weighted by Gasteiger charge is 2.25. The van der Waals surface area contributed by atoms with Crippen molar-refractivity contribution < 1.29 is 0 Å². The normalized spacial score (nSPS) is 14.9. The van der Waals surface area contributed by atoms with Gasteiger partial charge in [-0.1, -0.05) is 34.1 Å². The molecule has 0 amide bonds. The van der Waals surface area contributed by atoms with Crippen LogP contribution < -0.4 is 5.32 Å². The van der Waals surface area contributed by atoms with E-state index in [0.29, 0.717) is 11.3 Å². The fourth-order valence-electron chi connectivity index (χ4n) is 2.95. The van der Waals surface area contributed by atoms with Crippen molar-refractivity contribution in [3.8, 4) is 0 Å². The molecule has 0 radical (unpaired) electrons. The highest BCUT2D eigenvalue weighted by atomic mass is 32.1. The Morgan fingerprint density at radius 2 is 2.14 bits per heavy atom. The molecular weight excluding hydrogens is 278 g/mol. The number of thiazole rings is 1. The minimum absolute atomic E-state index is 0.337. The van der Waals surface area contributed by atoms with Crippen LogP contribution in [0, 0.1) is 18.3 Å².